The van der Waals surface area contributed by atoms with E-state index in [1.54, 1.807) is 21.6 Å². The van der Waals surface area contributed by atoms with Gasteiger partial charge in [-0.2, -0.15) is 0 Å². The molecule has 2 heterocycles. The highest BCUT2D eigenvalue weighted by Crippen LogP contribution is 2.57. The summed E-state index contributed by atoms with van der Waals surface area (Å²) in [4.78, 5) is 17.2. The summed E-state index contributed by atoms with van der Waals surface area (Å²) in [6.45, 7) is 0. The standard InChI is InChI=1S/C18H14ClNO2S2/c19-14-4-2-1-3-11(14)17-16-10(5-7-20-17)13(9-15(21)22)18-12(16)6-8-23-24-18/h1-4,6-8,10,13H,5,9H2,(H,21,22)/t10-,13-/m0/s1. The lowest BCUT2D eigenvalue weighted by atomic mass is 9.83. The van der Waals surface area contributed by atoms with Crippen LogP contribution in [0.4, 0.5) is 0 Å². The van der Waals surface area contributed by atoms with Gasteiger partial charge < -0.3 is 5.11 Å². The molecule has 1 aliphatic carbocycles. The van der Waals surface area contributed by atoms with Gasteiger partial charge in [0.1, 0.15) is 0 Å². The number of aliphatic imine (C=N–C) groups is 1. The molecule has 3 nitrogen and oxygen atoms in total. The van der Waals surface area contributed by atoms with Gasteiger partial charge >= 0.3 is 5.97 Å². The summed E-state index contributed by atoms with van der Waals surface area (Å²) in [6, 6.07) is 7.70. The number of carbonyl (C=O) groups is 1. The first-order valence-electron chi connectivity index (χ1n) is 7.64. The number of halogens is 1. The Morgan fingerprint density at radius 2 is 2.21 bits per heavy atom. The number of carboxylic acids is 1. The van der Waals surface area contributed by atoms with Crippen LogP contribution in [0.3, 0.4) is 0 Å². The molecule has 0 fully saturated rings. The maximum Gasteiger partial charge on any atom is 0.304 e. The van der Waals surface area contributed by atoms with E-state index < -0.39 is 5.97 Å². The van der Waals surface area contributed by atoms with Crippen LogP contribution in [0.5, 0.6) is 0 Å². The topological polar surface area (TPSA) is 49.7 Å². The Balaban J connectivity index is 1.90. The summed E-state index contributed by atoms with van der Waals surface area (Å²) in [5.74, 6) is -0.583. The Bertz CT molecular complexity index is 841. The van der Waals surface area contributed by atoms with Gasteiger partial charge in [-0.3, -0.25) is 9.79 Å². The van der Waals surface area contributed by atoms with Crippen LogP contribution in [-0.2, 0) is 4.79 Å². The van der Waals surface area contributed by atoms with Crippen molar-refractivity contribution in [2.45, 2.75) is 12.8 Å². The van der Waals surface area contributed by atoms with Gasteiger partial charge in [-0.25, -0.2) is 0 Å². The number of aliphatic carboxylic acids is 1. The summed E-state index contributed by atoms with van der Waals surface area (Å²) < 4.78 is 0. The third-order valence-corrected chi connectivity index (χ3v) is 7.07. The van der Waals surface area contributed by atoms with E-state index >= 15 is 0 Å². The SMILES string of the molecule is O=C(O)C[C@@H]1C2=C(C=CSS2)C2=C(c3ccccc3Cl)N=CC[C@H]21. The number of hydrogen-bond acceptors (Lipinski definition) is 4. The molecular formula is C18H14ClNO2S2. The van der Waals surface area contributed by atoms with Crippen LogP contribution in [0.2, 0.25) is 5.02 Å². The Hall–Kier alpha value is -1.43. The predicted octanol–water partition coefficient (Wildman–Crippen LogP) is 5.41. The molecule has 1 aromatic carbocycles. The third-order valence-electron chi connectivity index (χ3n) is 4.54. The molecule has 0 amide bonds. The molecule has 0 aromatic heterocycles. The molecule has 2 atom stereocenters. The fourth-order valence-electron chi connectivity index (χ4n) is 3.57. The van der Waals surface area contributed by atoms with Gasteiger partial charge in [-0.15, -0.1) is 0 Å². The molecule has 0 saturated heterocycles. The third kappa shape index (κ3) is 2.65. The van der Waals surface area contributed by atoms with Crippen LogP contribution in [0, 0.1) is 11.8 Å². The zero-order chi connectivity index (χ0) is 16.7. The summed E-state index contributed by atoms with van der Waals surface area (Å²) in [6.07, 6.45) is 4.92. The fraction of sp³-hybridized carbons (Fsp3) is 0.222. The van der Waals surface area contributed by atoms with E-state index in [0.717, 1.165) is 28.8 Å². The molecular weight excluding hydrogens is 362 g/mol. The number of carboxylic acid groups (broad SMARTS) is 1. The van der Waals surface area contributed by atoms with E-state index in [-0.39, 0.29) is 18.3 Å². The van der Waals surface area contributed by atoms with Crippen LogP contribution in [0.1, 0.15) is 18.4 Å². The van der Waals surface area contributed by atoms with Crippen molar-refractivity contribution in [2.24, 2.45) is 16.8 Å². The molecule has 0 saturated carbocycles. The van der Waals surface area contributed by atoms with Crippen LogP contribution < -0.4 is 0 Å². The summed E-state index contributed by atoms with van der Waals surface area (Å²) in [7, 11) is 3.32. The molecule has 3 aliphatic rings. The van der Waals surface area contributed by atoms with Gasteiger partial charge in [-0.1, -0.05) is 51.4 Å². The highest BCUT2D eigenvalue weighted by molar-refractivity contribution is 8.79. The normalized spacial score (nSPS) is 25.0. The number of hydrogen-bond donors (Lipinski definition) is 1. The van der Waals surface area contributed by atoms with E-state index in [0.29, 0.717) is 5.02 Å². The minimum Gasteiger partial charge on any atom is -0.481 e. The molecule has 6 heteroatoms. The first kappa shape index (κ1) is 16.1. The zero-order valence-corrected chi connectivity index (χ0v) is 15.0. The first-order chi connectivity index (χ1) is 11.7. The van der Waals surface area contributed by atoms with Gasteiger partial charge in [0.25, 0.3) is 0 Å². The minimum absolute atomic E-state index is 0.0131. The average molecular weight is 376 g/mol. The Labute approximate surface area is 153 Å². The van der Waals surface area contributed by atoms with Gasteiger partial charge in [0.15, 0.2) is 0 Å². The second-order valence-electron chi connectivity index (χ2n) is 5.86. The number of rotatable bonds is 3. The molecule has 0 radical (unpaired) electrons. The molecule has 122 valence electrons. The molecule has 0 unspecified atom stereocenters. The Morgan fingerprint density at radius 3 is 3.00 bits per heavy atom. The molecule has 1 N–H and O–H groups in total. The van der Waals surface area contributed by atoms with Crippen molar-refractivity contribution >= 4 is 51.1 Å². The maximum absolute atomic E-state index is 11.4. The van der Waals surface area contributed by atoms with Crippen LogP contribution in [0.25, 0.3) is 5.70 Å². The number of nitrogens with zero attached hydrogens (tertiary/aromatic N) is 1. The lowest BCUT2D eigenvalue weighted by Gasteiger charge is -2.24. The Kier molecular flexibility index (Phi) is 4.33. The van der Waals surface area contributed by atoms with E-state index in [4.69, 9.17) is 11.6 Å². The number of benzene rings is 1. The quantitative estimate of drug-likeness (QED) is 0.717. The summed E-state index contributed by atoms with van der Waals surface area (Å²) >= 11 is 6.40. The zero-order valence-electron chi connectivity index (χ0n) is 12.6. The maximum atomic E-state index is 11.4. The second-order valence-corrected chi connectivity index (χ2v) is 8.42. The second kappa shape index (κ2) is 6.47. The smallest absolute Gasteiger partial charge is 0.304 e. The fourth-order valence-corrected chi connectivity index (χ4v) is 6.07. The van der Waals surface area contributed by atoms with Crippen molar-refractivity contribution in [3.05, 3.63) is 62.4 Å². The molecule has 24 heavy (non-hydrogen) atoms. The summed E-state index contributed by atoms with van der Waals surface area (Å²) in [5.41, 5.74) is 4.08. The predicted molar refractivity (Wildman–Crippen MR) is 102 cm³/mol. The van der Waals surface area contributed by atoms with Crippen LogP contribution in [0.15, 0.2) is 56.8 Å². The molecule has 4 rings (SSSR count). The largest absolute Gasteiger partial charge is 0.481 e. The van der Waals surface area contributed by atoms with Crippen molar-refractivity contribution in [3.63, 3.8) is 0 Å². The van der Waals surface area contributed by atoms with Gasteiger partial charge in [0, 0.05) is 27.6 Å². The number of allylic oxidation sites excluding steroid dienone is 4. The average Bonchev–Trinajstić information content (AvgIpc) is 2.90. The lowest BCUT2D eigenvalue weighted by molar-refractivity contribution is -0.138. The molecule has 0 spiro atoms. The van der Waals surface area contributed by atoms with Crippen molar-refractivity contribution in [1.82, 2.24) is 0 Å². The highest BCUT2D eigenvalue weighted by atomic mass is 35.5. The van der Waals surface area contributed by atoms with Crippen molar-refractivity contribution in [2.75, 3.05) is 0 Å². The molecule has 0 bridgehead atoms. The van der Waals surface area contributed by atoms with Crippen molar-refractivity contribution in [3.8, 4) is 0 Å². The van der Waals surface area contributed by atoms with E-state index in [9.17, 15) is 9.90 Å². The van der Waals surface area contributed by atoms with Crippen molar-refractivity contribution in [1.29, 1.82) is 0 Å². The van der Waals surface area contributed by atoms with E-state index in [1.165, 1.54) is 4.91 Å². The first-order valence-corrected chi connectivity index (χ1v) is 10.2. The molecule has 2 aliphatic heterocycles. The summed E-state index contributed by atoms with van der Waals surface area (Å²) in [5, 5.41) is 12.1. The van der Waals surface area contributed by atoms with Gasteiger partial charge in [0.05, 0.1) is 12.1 Å². The van der Waals surface area contributed by atoms with E-state index in [1.807, 2.05) is 30.5 Å². The van der Waals surface area contributed by atoms with Gasteiger partial charge in [-0.05, 0) is 41.0 Å². The monoisotopic (exact) mass is 375 g/mol. The lowest BCUT2D eigenvalue weighted by Crippen LogP contribution is -2.19. The molecule has 1 aromatic rings. The van der Waals surface area contributed by atoms with E-state index in [2.05, 4.69) is 16.5 Å². The van der Waals surface area contributed by atoms with Gasteiger partial charge in [0.2, 0.25) is 0 Å². The highest BCUT2D eigenvalue weighted by Gasteiger charge is 2.42. The van der Waals surface area contributed by atoms with Crippen LogP contribution in [-0.4, -0.2) is 17.3 Å². The van der Waals surface area contributed by atoms with Crippen LogP contribution >= 0.6 is 33.2 Å². The minimum atomic E-state index is -0.755. The van der Waals surface area contributed by atoms with Crippen molar-refractivity contribution < 1.29 is 9.90 Å². The number of fused-ring (bicyclic) bond motifs is 2. The Morgan fingerprint density at radius 1 is 1.38 bits per heavy atom.